The van der Waals surface area contributed by atoms with Crippen LogP contribution in [0.3, 0.4) is 0 Å². The summed E-state index contributed by atoms with van der Waals surface area (Å²) in [6.45, 7) is 2.81. The van der Waals surface area contributed by atoms with Crippen LogP contribution in [-0.4, -0.2) is 16.8 Å². The molecule has 66 valence electrons. The first-order valence-corrected chi connectivity index (χ1v) is 3.94. The molecule has 0 aromatic heterocycles. The Morgan fingerprint density at radius 2 is 2.17 bits per heavy atom. The molecule has 0 aliphatic heterocycles. The highest BCUT2D eigenvalue weighted by Crippen LogP contribution is 2.14. The lowest BCUT2D eigenvalue weighted by atomic mass is 10.2. The van der Waals surface area contributed by atoms with Gasteiger partial charge in [-0.2, -0.15) is 0 Å². The van der Waals surface area contributed by atoms with E-state index in [-0.39, 0.29) is 0 Å². The van der Waals surface area contributed by atoms with Gasteiger partial charge in [0.05, 0.1) is 0 Å². The van der Waals surface area contributed by atoms with Crippen LogP contribution in [0.5, 0.6) is 0 Å². The lowest BCUT2D eigenvalue weighted by molar-refractivity contribution is -0.0424. The van der Waals surface area contributed by atoms with Gasteiger partial charge in [-0.15, -0.1) is 0 Å². The van der Waals surface area contributed by atoms with Crippen molar-refractivity contribution in [3.05, 3.63) is 29.8 Å². The molecule has 0 saturated carbocycles. The van der Waals surface area contributed by atoms with E-state index in [9.17, 15) is 0 Å². The largest absolute Gasteiger partial charge is 0.385 e. The van der Waals surface area contributed by atoms with Crippen LogP contribution in [0.15, 0.2) is 24.3 Å². The number of hydrogen-bond donors (Lipinski definition) is 3. The predicted octanol–water partition coefficient (Wildman–Crippen LogP) is 1.10. The van der Waals surface area contributed by atoms with E-state index in [2.05, 4.69) is 5.32 Å². The van der Waals surface area contributed by atoms with Crippen LogP contribution >= 0.6 is 0 Å². The number of aliphatic hydroxyl groups is 2. The Morgan fingerprint density at radius 1 is 1.42 bits per heavy atom. The van der Waals surface area contributed by atoms with Crippen LogP contribution in [0.25, 0.3) is 0 Å². The quantitative estimate of drug-likeness (QED) is 0.591. The molecule has 0 heterocycles. The van der Waals surface area contributed by atoms with Crippen molar-refractivity contribution in [3.8, 4) is 0 Å². The van der Waals surface area contributed by atoms with Crippen molar-refractivity contribution in [2.75, 3.05) is 11.9 Å². The van der Waals surface area contributed by atoms with Crippen molar-refractivity contribution in [2.45, 2.75) is 13.2 Å². The number of hydrogen-bond acceptors (Lipinski definition) is 3. The Morgan fingerprint density at radius 3 is 2.75 bits per heavy atom. The van der Waals surface area contributed by atoms with Gasteiger partial charge in [-0.1, -0.05) is 12.1 Å². The van der Waals surface area contributed by atoms with Crippen LogP contribution in [-0.2, 0) is 0 Å². The van der Waals surface area contributed by atoms with Gasteiger partial charge < -0.3 is 15.5 Å². The highest BCUT2D eigenvalue weighted by Gasteiger charge is 2.01. The van der Waals surface area contributed by atoms with E-state index in [1.54, 1.807) is 18.2 Å². The summed E-state index contributed by atoms with van der Waals surface area (Å²) in [6, 6.07) is 7.06. The van der Waals surface area contributed by atoms with Crippen molar-refractivity contribution in [2.24, 2.45) is 0 Å². The summed E-state index contributed by atoms with van der Waals surface area (Å²) >= 11 is 0. The first-order chi connectivity index (χ1) is 5.74. The molecule has 3 N–H and O–H groups in total. The predicted molar refractivity (Wildman–Crippen MR) is 47.8 cm³/mol. The van der Waals surface area contributed by atoms with Crippen molar-refractivity contribution >= 4 is 5.69 Å². The molecule has 0 spiro atoms. The zero-order valence-corrected chi connectivity index (χ0v) is 6.99. The van der Waals surface area contributed by atoms with Gasteiger partial charge in [0.1, 0.15) is 0 Å². The van der Waals surface area contributed by atoms with Crippen molar-refractivity contribution < 1.29 is 10.2 Å². The monoisotopic (exact) mass is 167 g/mol. The van der Waals surface area contributed by atoms with Crippen molar-refractivity contribution in [1.82, 2.24) is 0 Å². The molecule has 0 unspecified atom stereocenters. The van der Waals surface area contributed by atoms with Gasteiger partial charge in [0.15, 0.2) is 6.29 Å². The fourth-order valence-electron chi connectivity index (χ4n) is 1.01. The minimum atomic E-state index is -1.39. The van der Waals surface area contributed by atoms with E-state index in [0.717, 1.165) is 12.2 Å². The summed E-state index contributed by atoms with van der Waals surface area (Å²) in [6.07, 6.45) is -1.39. The van der Waals surface area contributed by atoms with Gasteiger partial charge in [-0.25, -0.2) is 0 Å². The molecule has 3 heteroatoms. The van der Waals surface area contributed by atoms with Gasteiger partial charge in [0, 0.05) is 17.8 Å². The SMILES string of the molecule is CCNc1cccc(C(O)O)c1. The maximum absolute atomic E-state index is 8.84. The molecule has 1 rings (SSSR count). The Hall–Kier alpha value is -1.06. The highest BCUT2D eigenvalue weighted by molar-refractivity contribution is 5.45. The molecule has 3 nitrogen and oxygen atoms in total. The molecule has 0 aliphatic rings. The van der Waals surface area contributed by atoms with Crippen LogP contribution < -0.4 is 5.32 Å². The van der Waals surface area contributed by atoms with Crippen LogP contribution in [0.4, 0.5) is 5.69 Å². The number of aliphatic hydroxyl groups excluding tert-OH is 1. The van der Waals surface area contributed by atoms with E-state index >= 15 is 0 Å². The van der Waals surface area contributed by atoms with E-state index < -0.39 is 6.29 Å². The summed E-state index contributed by atoms with van der Waals surface area (Å²) < 4.78 is 0. The Kier molecular flexibility index (Phi) is 3.08. The molecule has 0 radical (unpaired) electrons. The minimum absolute atomic E-state index is 0.508. The maximum atomic E-state index is 8.84. The summed E-state index contributed by atoms with van der Waals surface area (Å²) in [5.41, 5.74) is 1.41. The molecular formula is C9H13NO2. The second-order valence-electron chi connectivity index (χ2n) is 2.53. The van der Waals surface area contributed by atoms with E-state index in [0.29, 0.717) is 5.56 Å². The van der Waals surface area contributed by atoms with Crippen molar-refractivity contribution in [3.63, 3.8) is 0 Å². The summed E-state index contributed by atoms with van der Waals surface area (Å²) in [7, 11) is 0. The van der Waals surface area contributed by atoms with Gasteiger partial charge in [0.2, 0.25) is 0 Å². The molecule has 0 aliphatic carbocycles. The molecule has 0 amide bonds. The zero-order valence-electron chi connectivity index (χ0n) is 6.99. The summed E-state index contributed by atoms with van der Waals surface area (Å²) in [4.78, 5) is 0. The summed E-state index contributed by atoms with van der Waals surface area (Å²) in [5, 5.41) is 20.8. The molecular weight excluding hydrogens is 154 g/mol. The fourth-order valence-corrected chi connectivity index (χ4v) is 1.01. The second-order valence-corrected chi connectivity index (χ2v) is 2.53. The molecule has 0 fully saturated rings. The van der Waals surface area contributed by atoms with Crippen LogP contribution in [0.1, 0.15) is 18.8 Å². The third-order valence-electron chi connectivity index (χ3n) is 1.57. The highest BCUT2D eigenvalue weighted by atomic mass is 16.5. The fraction of sp³-hybridized carbons (Fsp3) is 0.333. The number of anilines is 1. The first kappa shape index (κ1) is 9.03. The Labute approximate surface area is 71.7 Å². The molecule has 1 aromatic carbocycles. The van der Waals surface area contributed by atoms with Gasteiger partial charge >= 0.3 is 0 Å². The number of rotatable bonds is 3. The third-order valence-corrected chi connectivity index (χ3v) is 1.57. The lowest BCUT2D eigenvalue weighted by Crippen LogP contribution is -1.99. The Bertz CT molecular complexity index is 248. The molecule has 0 saturated heterocycles. The smallest absolute Gasteiger partial charge is 0.178 e. The van der Waals surface area contributed by atoms with E-state index in [4.69, 9.17) is 10.2 Å². The molecule has 0 bridgehead atoms. The van der Waals surface area contributed by atoms with E-state index in [1.165, 1.54) is 0 Å². The first-order valence-electron chi connectivity index (χ1n) is 3.94. The second kappa shape index (κ2) is 4.09. The van der Waals surface area contributed by atoms with E-state index in [1.807, 2.05) is 13.0 Å². The van der Waals surface area contributed by atoms with Crippen LogP contribution in [0, 0.1) is 0 Å². The number of nitrogens with one attached hydrogen (secondary N) is 1. The van der Waals surface area contributed by atoms with Gasteiger partial charge in [-0.3, -0.25) is 0 Å². The van der Waals surface area contributed by atoms with Crippen molar-refractivity contribution in [1.29, 1.82) is 0 Å². The normalized spacial score (nSPS) is 10.3. The molecule has 0 atom stereocenters. The average Bonchev–Trinajstić information content (AvgIpc) is 2.05. The topological polar surface area (TPSA) is 52.5 Å². The summed E-state index contributed by atoms with van der Waals surface area (Å²) in [5.74, 6) is 0. The lowest BCUT2D eigenvalue weighted by Gasteiger charge is -2.07. The molecule has 12 heavy (non-hydrogen) atoms. The Balaban J connectivity index is 2.81. The maximum Gasteiger partial charge on any atom is 0.178 e. The third kappa shape index (κ3) is 2.22. The van der Waals surface area contributed by atoms with Crippen LogP contribution in [0.2, 0.25) is 0 Å². The average molecular weight is 167 g/mol. The van der Waals surface area contributed by atoms with Gasteiger partial charge in [0.25, 0.3) is 0 Å². The minimum Gasteiger partial charge on any atom is -0.385 e. The zero-order chi connectivity index (χ0) is 8.97. The molecule has 1 aromatic rings. The van der Waals surface area contributed by atoms with Gasteiger partial charge in [-0.05, 0) is 19.1 Å². The standard InChI is InChI=1S/C9H13NO2/c1-2-10-8-5-3-4-7(6-8)9(11)12/h3-6,9-12H,2H2,1H3. The number of benzene rings is 1.